The quantitative estimate of drug-likeness (QED) is 0.842. The molecule has 3 N–H and O–H groups in total. The zero-order valence-electron chi connectivity index (χ0n) is 11.5. The molecular formula is C13H20N2O4S. The maximum Gasteiger partial charge on any atom is 0.244 e. The predicted octanol–water partition coefficient (Wildman–Crippen LogP) is 0.893. The van der Waals surface area contributed by atoms with Crippen molar-refractivity contribution in [2.75, 3.05) is 6.61 Å². The van der Waals surface area contributed by atoms with Crippen molar-refractivity contribution in [3.05, 3.63) is 17.6 Å². The minimum atomic E-state index is -3.58. The third-order valence-electron chi connectivity index (χ3n) is 3.94. The zero-order chi connectivity index (χ0) is 14.3. The number of sulfonamides is 1. The van der Waals surface area contributed by atoms with Crippen molar-refractivity contribution in [2.24, 2.45) is 11.7 Å². The lowest BCUT2D eigenvalue weighted by molar-refractivity contribution is 0.0848. The molecule has 1 aliphatic heterocycles. The first-order valence-electron chi connectivity index (χ1n) is 6.94. The highest BCUT2D eigenvalue weighted by molar-refractivity contribution is 7.89. The van der Waals surface area contributed by atoms with Crippen molar-refractivity contribution in [2.45, 2.75) is 49.8 Å². The smallest absolute Gasteiger partial charge is 0.244 e. The Kier molecular flexibility index (Phi) is 3.62. The fourth-order valence-corrected chi connectivity index (χ4v) is 4.27. The summed E-state index contributed by atoms with van der Waals surface area (Å²) in [6.07, 6.45) is 3.00. The van der Waals surface area contributed by atoms with Crippen LogP contribution in [-0.4, -0.2) is 27.2 Å². The van der Waals surface area contributed by atoms with Crippen LogP contribution in [0.3, 0.4) is 0 Å². The normalized spacial score (nSPS) is 27.1. The van der Waals surface area contributed by atoms with Gasteiger partial charge < -0.3 is 14.9 Å². The SMILES string of the molecule is Cc1oc(CN)cc1S(=O)(=O)NC1CCOC1C1CC1. The third-order valence-corrected chi connectivity index (χ3v) is 5.54. The summed E-state index contributed by atoms with van der Waals surface area (Å²) in [4.78, 5) is 0.180. The molecule has 2 aliphatic rings. The Hall–Kier alpha value is -0.890. The van der Waals surface area contributed by atoms with Gasteiger partial charge in [0.2, 0.25) is 10.0 Å². The van der Waals surface area contributed by atoms with Gasteiger partial charge in [0.05, 0.1) is 18.7 Å². The number of furan rings is 1. The first-order chi connectivity index (χ1) is 9.51. The maximum atomic E-state index is 12.5. The van der Waals surface area contributed by atoms with Crippen LogP contribution < -0.4 is 10.5 Å². The standard InChI is InChI=1S/C13H20N2O4S/c1-8-12(6-10(7-14)19-8)20(16,17)15-11-4-5-18-13(11)9-2-3-9/h6,9,11,13,15H,2-5,7,14H2,1H3. The van der Waals surface area contributed by atoms with Gasteiger partial charge in [-0.2, -0.15) is 0 Å². The molecule has 7 heteroatoms. The van der Waals surface area contributed by atoms with E-state index >= 15 is 0 Å². The molecule has 1 aliphatic carbocycles. The Morgan fingerprint density at radius 3 is 2.75 bits per heavy atom. The molecule has 112 valence electrons. The van der Waals surface area contributed by atoms with Crippen molar-refractivity contribution in [1.82, 2.24) is 4.72 Å². The second kappa shape index (κ2) is 5.14. The Bertz CT molecular complexity index is 592. The largest absolute Gasteiger partial charge is 0.464 e. The summed E-state index contributed by atoms with van der Waals surface area (Å²) in [5, 5.41) is 0. The number of ether oxygens (including phenoxy) is 1. The van der Waals surface area contributed by atoms with Gasteiger partial charge in [-0.15, -0.1) is 0 Å². The Balaban J connectivity index is 1.79. The first kappa shape index (κ1) is 14.1. The molecule has 0 amide bonds. The van der Waals surface area contributed by atoms with Gasteiger partial charge in [-0.05, 0) is 32.1 Å². The van der Waals surface area contributed by atoms with Crippen LogP contribution in [-0.2, 0) is 21.3 Å². The first-order valence-corrected chi connectivity index (χ1v) is 8.43. The van der Waals surface area contributed by atoms with Gasteiger partial charge in [0, 0.05) is 12.7 Å². The van der Waals surface area contributed by atoms with Crippen LogP contribution in [0.15, 0.2) is 15.4 Å². The number of nitrogens with two attached hydrogens (primary N) is 1. The molecule has 0 bridgehead atoms. The molecule has 1 saturated carbocycles. The van der Waals surface area contributed by atoms with E-state index in [-0.39, 0.29) is 23.6 Å². The minimum absolute atomic E-state index is 0.0194. The molecule has 1 saturated heterocycles. The van der Waals surface area contributed by atoms with Crippen molar-refractivity contribution >= 4 is 10.0 Å². The van der Waals surface area contributed by atoms with E-state index in [0.717, 1.165) is 19.3 Å². The second-order valence-corrected chi connectivity index (χ2v) is 7.21. The Morgan fingerprint density at radius 2 is 2.15 bits per heavy atom. The summed E-state index contributed by atoms with van der Waals surface area (Å²) in [5.41, 5.74) is 5.48. The molecule has 2 heterocycles. The van der Waals surface area contributed by atoms with E-state index in [0.29, 0.717) is 24.0 Å². The van der Waals surface area contributed by atoms with Crippen molar-refractivity contribution < 1.29 is 17.6 Å². The number of hydrogen-bond donors (Lipinski definition) is 2. The highest BCUT2D eigenvalue weighted by Crippen LogP contribution is 2.39. The third kappa shape index (κ3) is 2.63. The summed E-state index contributed by atoms with van der Waals surface area (Å²) in [6.45, 7) is 2.44. The maximum absolute atomic E-state index is 12.5. The van der Waals surface area contributed by atoms with Gasteiger partial charge in [0.15, 0.2) is 0 Å². The van der Waals surface area contributed by atoms with Gasteiger partial charge in [0.25, 0.3) is 0 Å². The molecule has 2 unspecified atom stereocenters. The molecule has 1 aromatic rings. The van der Waals surface area contributed by atoms with Gasteiger partial charge in [-0.3, -0.25) is 0 Å². The zero-order valence-corrected chi connectivity index (χ0v) is 12.3. The van der Waals surface area contributed by atoms with Crippen LogP contribution in [0, 0.1) is 12.8 Å². The second-order valence-electron chi connectivity index (χ2n) is 5.53. The van der Waals surface area contributed by atoms with Crippen molar-refractivity contribution in [3.63, 3.8) is 0 Å². The highest BCUT2D eigenvalue weighted by atomic mass is 32.2. The summed E-state index contributed by atoms with van der Waals surface area (Å²) < 4.78 is 38.7. The molecule has 0 aromatic carbocycles. The van der Waals surface area contributed by atoms with Crippen LogP contribution in [0.2, 0.25) is 0 Å². The molecule has 20 heavy (non-hydrogen) atoms. The molecule has 2 atom stereocenters. The molecule has 1 aromatic heterocycles. The number of hydrogen-bond acceptors (Lipinski definition) is 5. The Labute approximate surface area is 118 Å². The summed E-state index contributed by atoms with van der Waals surface area (Å²) in [5.74, 6) is 1.36. The molecule has 2 fully saturated rings. The van der Waals surface area contributed by atoms with E-state index in [9.17, 15) is 8.42 Å². The average molecular weight is 300 g/mol. The van der Waals surface area contributed by atoms with Crippen LogP contribution in [0.4, 0.5) is 0 Å². The van der Waals surface area contributed by atoms with Crippen LogP contribution >= 0.6 is 0 Å². The molecule has 0 spiro atoms. The topological polar surface area (TPSA) is 94.6 Å². The fraction of sp³-hybridized carbons (Fsp3) is 0.692. The number of aryl methyl sites for hydroxylation is 1. The molecule has 6 nitrogen and oxygen atoms in total. The summed E-state index contributed by atoms with van der Waals surface area (Å²) in [7, 11) is -3.58. The van der Waals surface area contributed by atoms with E-state index in [4.69, 9.17) is 14.9 Å². The predicted molar refractivity (Wildman–Crippen MR) is 72.5 cm³/mol. The summed E-state index contributed by atoms with van der Waals surface area (Å²) >= 11 is 0. The van der Waals surface area contributed by atoms with E-state index in [1.165, 1.54) is 6.07 Å². The van der Waals surface area contributed by atoms with E-state index in [1.54, 1.807) is 6.92 Å². The van der Waals surface area contributed by atoms with Crippen LogP contribution in [0.1, 0.15) is 30.8 Å². The average Bonchev–Trinajstić information content (AvgIpc) is 3.01. The minimum Gasteiger partial charge on any atom is -0.464 e. The van der Waals surface area contributed by atoms with Crippen molar-refractivity contribution in [3.8, 4) is 0 Å². The van der Waals surface area contributed by atoms with Gasteiger partial charge >= 0.3 is 0 Å². The van der Waals surface area contributed by atoms with Crippen molar-refractivity contribution in [1.29, 1.82) is 0 Å². The molecule has 0 radical (unpaired) electrons. The Morgan fingerprint density at radius 1 is 1.40 bits per heavy atom. The monoisotopic (exact) mass is 300 g/mol. The lowest BCUT2D eigenvalue weighted by Gasteiger charge is -2.19. The van der Waals surface area contributed by atoms with Gasteiger partial charge in [0.1, 0.15) is 16.4 Å². The van der Waals surface area contributed by atoms with Gasteiger partial charge in [-0.1, -0.05) is 0 Å². The van der Waals surface area contributed by atoms with E-state index in [2.05, 4.69) is 4.72 Å². The van der Waals surface area contributed by atoms with Crippen LogP contribution in [0.25, 0.3) is 0 Å². The van der Waals surface area contributed by atoms with E-state index < -0.39 is 10.0 Å². The highest BCUT2D eigenvalue weighted by Gasteiger charge is 2.42. The number of rotatable bonds is 5. The fourth-order valence-electron chi connectivity index (χ4n) is 2.78. The lowest BCUT2D eigenvalue weighted by atomic mass is 10.1. The van der Waals surface area contributed by atoms with E-state index in [1.807, 2.05) is 0 Å². The van der Waals surface area contributed by atoms with Gasteiger partial charge in [-0.25, -0.2) is 13.1 Å². The summed E-state index contributed by atoms with van der Waals surface area (Å²) in [6, 6.07) is 1.36. The lowest BCUT2D eigenvalue weighted by Crippen LogP contribution is -2.41. The number of nitrogens with one attached hydrogen (secondary N) is 1. The molecule has 3 rings (SSSR count). The molecular weight excluding hydrogens is 280 g/mol. The van der Waals surface area contributed by atoms with Crippen LogP contribution in [0.5, 0.6) is 0 Å².